The van der Waals surface area contributed by atoms with Crippen LogP contribution >= 0.6 is 0 Å². The van der Waals surface area contributed by atoms with Gasteiger partial charge in [0, 0.05) is 25.4 Å². The number of carboxylic acids is 2. The molecule has 1 saturated heterocycles. The van der Waals surface area contributed by atoms with Crippen molar-refractivity contribution in [3.63, 3.8) is 0 Å². The van der Waals surface area contributed by atoms with Gasteiger partial charge in [0.25, 0.3) is 0 Å². The van der Waals surface area contributed by atoms with Gasteiger partial charge in [-0.05, 0) is 12.8 Å². The minimum absolute atomic E-state index is 0.0895. The molecular formula is C11H17N3O6. The maximum atomic E-state index is 11.6. The van der Waals surface area contributed by atoms with Crippen LogP contribution in [-0.4, -0.2) is 52.7 Å². The minimum Gasteiger partial charge on any atom is -0.481 e. The molecule has 0 bridgehead atoms. The Morgan fingerprint density at radius 1 is 1.35 bits per heavy atom. The number of carbonyl (C=O) groups is 4. The number of rotatable bonds is 6. The van der Waals surface area contributed by atoms with E-state index < -0.39 is 24.0 Å². The summed E-state index contributed by atoms with van der Waals surface area (Å²) in [6, 6.07) is -2.21. The molecule has 0 saturated carbocycles. The van der Waals surface area contributed by atoms with Gasteiger partial charge in [-0.2, -0.15) is 0 Å². The summed E-state index contributed by atoms with van der Waals surface area (Å²) in [5.41, 5.74) is 0. The van der Waals surface area contributed by atoms with Gasteiger partial charge >= 0.3 is 18.0 Å². The third-order valence-electron chi connectivity index (χ3n) is 2.85. The van der Waals surface area contributed by atoms with E-state index in [2.05, 4.69) is 16.0 Å². The molecule has 5 N–H and O–H groups in total. The van der Waals surface area contributed by atoms with Crippen molar-refractivity contribution >= 4 is 23.9 Å². The lowest BCUT2D eigenvalue weighted by molar-refractivity contribution is -0.140. The van der Waals surface area contributed by atoms with Crippen molar-refractivity contribution < 1.29 is 29.4 Å². The molecular weight excluding hydrogens is 270 g/mol. The first-order chi connectivity index (χ1) is 9.38. The lowest BCUT2D eigenvalue weighted by atomic mass is 10.1. The third-order valence-corrected chi connectivity index (χ3v) is 2.85. The largest absolute Gasteiger partial charge is 0.481 e. The highest BCUT2D eigenvalue weighted by atomic mass is 16.4. The summed E-state index contributed by atoms with van der Waals surface area (Å²) in [6.45, 7) is 0.291. The van der Waals surface area contributed by atoms with Gasteiger partial charge < -0.3 is 26.2 Å². The van der Waals surface area contributed by atoms with Crippen molar-refractivity contribution in [2.24, 2.45) is 0 Å². The molecule has 1 heterocycles. The monoisotopic (exact) mass is 287 g/mol. The van der Waals surface area contributed by atoms with Crippen LogP contribution in [0.25, 0.3) is 0 Å². The van der Waals surface area contributed by atoms with Crippen LogP contribution in [0.5, 0.6) is 0 Å². The maximum absolute atomic E-state index is 11.6. The van der Waals surface area contributed by atoms with Crippen LogP contribution in [0.3, 0.4) is 0 Å². The maximum Gasteiger partial charge on any atom is 0.326 e. The van der Waals surface area contributed by atoms with E-state index in [0.29, 0.717) is 19.4 Å². The van der Waals surface area contributed by atoms with E-state index in [9.17, 15) is 19.2 Å². The lowest BCUT2D eigenvalue weighted by Gasteiger charge is -2.24. The molecule has 0 aromatic heterocycles. The Kier molecular flexibility index (Phi) is 5.75. The Labute approximate surface area is 114 Å². The van der Waals surface area contributed by atoms with E-state index in [1.807, 2.05) is 0 Å². The third kappa shape index (κ3) is 5.55. The zero-order valence-corrected chi connectivity index (χ0v) is 10.7. The highest BCUT2D eigenvalue weighted by molar-refractivity contribution is 5.83. The van der Waals surface area contributed by atoms with Crippen molar-refractivity contribution in [1.82, 2.24) is 16.0 Å². The fourth-order valence-electron chi connectivity index (χ4n) is 1.77. The first-order valence-corrected chi connectivity index (χ1v) is 6.17. The molecule has 1 aliphatic heterocycles. The van der Waals surface area contributed by atoms with Crippen LogP contribution in [0.15, 0.2) is 0 Å². The van der Waals surface area contributed by atoms with E-state index in [4.69, 9.17) is 10.2 Å². The van der Waals surface area contributed by atoms with Crippen molar-refractivity contribution in [2.75, 3.05) is 6.54 Å². The molecule has 112 valence electrons. The Balaban J connectivity index is 2.39. The molecule has 1 fully saturated rings. The summed E-state index contributed by atoms with van der Waals surface area (Å²) in [5.74, 6) is -2.51. The number of carboxylic acid groups (broad SMARTS) is 2. The lowest BCUT2D eigenvalue weighted by Crippen LogP contribution is -2.53. The van der Waals surface area contributed by atoms with Gasteiger partial charge in [-0.25, -0.2) is 9.59 Å². The minimum atomic E-state index is -1.29. The Hall–Kier alpha value is -2.32. The highest BCUT2D eigenvalue weighted by Gasteiger charge is 2.24. The SMILES string of the molecule is O=C(O)CC[C@H](NC(=O)NC1CCC(=O)NC1)C(=O)O. The number of aliphatic carboxylic acids is 2. The predicted molar refractivity (Wildman–Crippen MR) is 66.0 cm³/mol. The van der Waals surface area contributed by atoms with Gasteiger partial charge in [-0.15, -0.1) is 0 Å². The summed E-state index contributed by atoms with van der Waals surface area (Å²) in [6.07, 6.45) is 0.231. The number of amides is 3. The fraction of sp³-hybridized carbons (Fsp3) is 0.636. The smallest absolute Gasteiger partial charge is 0.326 e. The van der Waals surface area contributed by atoms with Gasteiger partial charge in [-0.3, -0.25) is 9.59 Å². The molecule has 0 aromatic rings. The molecule has 9 nitrogen and oxygen atoms in total. The second-order valence-electron chi connectivity index (χ2n) is 4.48. The Morgan fingerprint density at radius 2 is 2.05 bits per heavy atom. The van der Waals surface area contributed by atoms with Crippen molar-refractivity contribution in [3.05, 3.63) is 0 Å². The van der Waals surface area contributed by atoms with E-state index in [1.54, 1.807) is 0 Å². The Bertz CT molecular complexity index is 401. The van der Waals surface area contributed by atoms with Crippen molar-refractivity contribution in [2.45, 2.75) is 37.8 Å². The van der Waals surface area contributed by atoms with Gasteiger partial charge in [-0.1, -0.05) is 0 Å². The molecule has 1 unspecified atom stereocenters. The molecule has 0 radical (unpaired) electrons. The summed E-state index contributed by atoms with van der Waals surface area (Å²) >= 11 is 0. The number of carbonyl (C=O) groups excluding carboxylic acids is 2. The molecule has 1 aliphatic rings. The van der Waals surface area contributed by atoms with Crippen LogP contribution in [0.1, 0.15) is 25.7 Å². The van der Waals surface area contributed by atoms with Crippen LogP contribution in [0.2, 0.25) is 0 Å². The van der Waals surface area contributed by atoms with E-state index in [-0.39, 0.29) is 24.8 Å². The molecule has 0 aliphatic carbocycles. The molecule has 0 spiro atoms. The van der Waals surface area contributed by atoms with Gasteiger partial charge in [0.1, 0.15) is 6.04 Å². The first-order valence-electron chi connectivity index (χ1n) is 6.17. The zero-order valence-electron chi connectivity index (χ0n) is 10.7. The summed E-state index contributed by atoms with van der Waals surface area (Å²) in [7, 11) is 0. The average molecular weight is 287 g/mol. The molecule has 9 heteroatoms. The molecule has 0 aromatic carbocycles. The molecule has 3 amide bonds. The first kappa shape index (κ1) is 15.7. The summed E-state index contributed by atoms with van der Waals surface area (Å²) < 4.78 is 0. The topological polar surface area (TPSA) is 145 Å². The highest BCUT2D eigenvalue weighted by Crippen LogP contribution is 2.03. The second-order valence-corrected chi connectivity index (χ2v) is 4.48. The van der Waals surface area contributed by atoms with Gasteiger partial charge in [0.05, 0.1) is 0 Å². The van der Waals surface area contributed by atoms with Crippen LogP contribution < -0.4 is 16.0 Å². The van der Waals surface area contributed by atoms with E-state index in [0.717, 1.165) is 0 Å². The number of urea groups is 1. The average Bonchev–Trinajstić information content (AvgIpc) is 2.36. The van der Waals surface area contributed by atoms with E-state index >= 15 is 0 Å². The Morgan fingerprint density at radius 3 is 2.55 bits per heavy atom. The summed E-state index contributed by atoms with van der Waals surface area (Å²) in [4.78, 5) is 43.8. The number of hydrogen-bond acceptors (Lipinski definition) is 4. The van der Waals surface area contributed by atoms with Crippen LogP contribution in [0.4, 0.5) is 4.79 Å². The quantitative estimate of drug-likeness (QED) is 0.418. The van der Waals surface area contributed by atoms with Crippen molar-refractivity contribution in [1.29, 1.82) is 0 Å². The standard InChI is InChI=1S/C11H17N3O6/c15-8-3-1-6(5-12-8)13-11(20)14-7(10(18)19)2-4-9(16)17/h6-7H,1-5H2,(H,12,15)(H,16,17)(H,18,19)(H2,13,14,20)/t6?,7-/m0/s1. The molecule has 1 rings (SSSR count). The zero-order chi connectivity index (χ0) is 15.1. The number of piperidine rings is 1. The summed E-state index contributed by atoms with van der Waals surface area (Å²) in [5, 5.41) is 24.7. The second kappa shape index (κ2) is 7.31. The molecule has 2 atom stereocenters. The number of hydrogen-bond donors (Lipinski definition) is 5. The van der Waals surface area contributed by atoms with Gasteiger partial charge in [0.2, 0.25) is 5.91 Å². The molecule has 20 heavy (non-hydrogen) atoms. The fourth-order valence-corrected chi connectivity index (χ4v) is 1.77. The van der Waals surface area contributed by atoms with Crippen LogP contribution in [0, 0.1) is 0 Å². The predicted octanol–water partition coefficient (Wildman–Crippen LogP) is -1.12. The number of nitrogens with one attached hydrogen (secondary N) is 3. The van der Waals surface area contributed by atoms with Crippen molar-refractivity contribution in [3.8, 4) is 0 Å². The normalized spacial score (nSPS) is 19.6. The van der Waals surface area contributed by atoms with Crippen LogP contribution in [-0.2, 0) is 14.4 Å². The van der Waals surface area contributed by atoms with Gasteiger partial charge in [0.15, 0.2) is 0 Å². The van der Waals surface area contributed by atoms with E-state index in [1.165, 1.54) is 0 Å².